The van der Waals surface area contributed by atoms with Crippen LogP contribution >= 0.6 is 0 Å². The largest absolute Gasteiger partial charge is 0.494 e. The highest BCUT2D eigenvalue weighted by Gasteiger charge is 2.27. The molecule has 0 amide bonds. The van der Waals surface area contributed by atoms with Crippen LogP contribution in [0.2, 0.25) is 19.6 Å². The molecule has 1 rings (SSSR count). The predicted molar refractivity (Wildman–Crippen MR) is 65.9 cm³/mol. The van der Waals surface area contributed by atoms with Crippen LogP contribution in [0, 0.1) is 5.82 Å². The van der Waals surface area contributed by atoms with Crippen LogP contribution < -0.4 is 9.92 Å². The number of benzene rings is 1. The second kappa shape index (κ2) is 4.78. The molecule has 1 aromatic carbocycles. The summed E-state index contributed by atoms with van der Waals surface area (Å²) in [5.41, 5.74) is 0.112. The summed E-state index contributed by atoms with van der Waals surface area (Å²) in [7, 11) is -1.87. The Hall–Kier alpha value is -1.16. The van der Waals surface area contributed by atoms with Crippen molar-refractivity contribution in [2.24, 2.45) is 0 Å². The molecule has 0 aromatic heterocycles. The van der Waals surface area contributed by atoms with Crippen LogP contribution in [0.5, 0.6) is 5.75 Å². The first kappa shape index (κ1) is 12.9. The molecular weight excluding hydrogens is 223 g/mol. The Bertz CT molecular complexity index is 397. The van der Waals surface area contributed by atoms with Crippen LogP contribution in [0.25, 0.3) is 0 Å². The monoisotopic (exact) mass is 240 g/mol. The van der Waals surface area contributed by atoms with Gasteiger partial charge in [-0.25, -0.2) is 4.39 Å². The highest BCUT2D eigenvalue weighted by atomic mass is 28.3. The lowest BCUT2D eigenvalue weighted by atomic mass is 10.2. The Kier molecular flexibility index (Phi) is 3.86. The van der Waals surface area contributed by atoms with Gasteiger partial charge in [-0.05, 0) is 19.1 Å². The molecule has 0 heterocycles. The van der Waals surface area contributed by atoms with Crippen molar-refractivity contribution < 1.29 is 13.9 Å². The zero-order chi connectivity index (χ0) is 12.3. The first-order valence-corrected chi connectivity index (χ1v) is 8.82. The smallest absolute Gasteiger partial charge is 0.152 e. The zero-order valence-electron chi connectivity index (χ0n) is 10.1. The highest BCUT2D eigenvalue weighted by molar-refractivity contribution is 6.89. The molecule has 0 aliphatic rings. The van der Waals surface area contributed by atoms with Gasteiger partial charge in [-0.3, -0.25) is 4.79 Å². The number of hydrogen-bond acceptors (Lipinski definition) is 2. The quantitative estimate of drug-likeness (QED) is 0.597. The molecule has 2 nitrogen and oxygen atoms in total. The SMILES string of the molecule is CCOc1ccc(C=O)c(F)c1[Si](C)(C)C. The Morgan fingerprint density at radius 3 is 2.44 bits per heavy atom. The van der Waals surface area contributed by atoms with E-state index in [2.05, 4.69) is 0 Å². The summed E-state index contributed by atoms with van der Waals surface area (Å²) in [6.07, 6.45) is 0.550. The minimum absolute atomic E-state index is 0.112. The van der Waals surface area contributed by atoms with E-state index in [9.17, 15) is 9.18 Å². The average molecular weight is 240 g/mol. The lowest BCUT2D eigenvalue weighted by molar-refractivity contribution is 0.112. The molecule has 88 valence electrons. The molecule has 0 saturated heterocycles. The molecule has 0 N–H and O–H groups in total. The number of carbonyl (C=O) groups is 1. The van der Waals surface area contributed by atoms with Crippen LogP contribution in [0.15, 0.2) is 12.1 Å². The van der Waals surface area contributed by atoms with E-state index in [1.807, 2.05) is 26.6 Å². The van der Waals surface area contributed by atoms with Crippen LogP contribution in [0.3, 0.4) is 0 Å². The fraction of sp³-hybridized carbons (Fsp3) is 0.417. The van der Waals surface area contributed by atoms with Crippen molar-refractivity contribution in [1.82, 2.24) is 0 Å². The standard InChI is InChI=1S/C12H17FO2Si/c1-5-15-10-7-6-9(8-14)11(13)12(10)16(2,3)4/h6-8H,5H2,1-4H3. The van der Waals surface area contributed by atoms with Crippen molar-refractivity contribution in [3.8, 4) is 5.75 Å². The molecule has 0 saturated carbocycles. The van der Waals surface area contributed by atoms with Crippen molar-refractivity contribution in [3.05, 3.63) is 23.5 Å². The Morgan fingerprint density at radius 2 is 2.00 bits per heavy atom. The van der Waals surface area contributed by atoms with Crippen LogP contribution in [0.4, 0.5) is 4.39 Å². The van der Waals surface area contributed by atoms with Gasteiger partial charge in [0.15, 0.2) is 6.29 Å². The predicted octanol–water partition coefficient (Wildman–Crippen LogP) is 2.58. The summed E-state index contributed by atoms with van der Waals surface area (Å²) in [5, 5.41) is 0.596. The van der Waals surface area contributed by atoms with Crippen molar-refractivity contribution >= 4 is 19.5 Å². The van der Waals surface area contributed by atoms with Crippen LogP contribution in [0.1, 0.15) is 17.3 Å². The second-order valence-electron chi connectivity index (χ2n) is 4.64. The van der Waals surface area contributed by atoms with Gasteiger partial charge in [0.05, 0.1) is 20.2 Å². The summed E-state index contributed by atoms with van der Waals surface area (Å²) in [5.74, 6) is 0.157. The number of halogens is 1. The van der Waals surface area contributed by atoms with Gasteiger partial charge < -0.3 is 4.74 Å². The van der Waals surface area contributed by atoms with Gasteiger partial charge in [0.1, 0.15) is 11.6 Å². The summed E-state index contributed by atoms with van der Waals surface area (Å²) in [4.78, 5) is 10.7. The van der Waals surface area contributed by atoms with E-state index in [1.165, 1.54) is 6.07 Å². The fourth-order valence-corrected chi connectivity index (χ4v) is 3.34. The van der Waals surface area contributed by atoms with Crippen molar-refractivity contribution in [3.63, 3.8) is 0 Å². The maximum atomic E-state index is 14.1. The maximum Gasteiger partial charge on any atom is 0.152 e. The minimum Gasteiger partial charge on any atom is -0.494 e. The lowest BCUT2D eigenvalue weighted by Crippen LogP contribution is -2.41. The maximum absolute atomic E-state index is 14.1. The molecule has 0 atom stereocenters. The minimum atomic E-state index is -1.87. The topological polar surface area (TPSA) is 26.3 Å². The molecule has 0 aliphatic heterocycles. The van der Waals surface area contributed by atoms with Crippen LogP contribution in [-0.2, 0) is 0 Å². The number of rotatable bonds is 4. The molecule has 4 heteroatoms. The van der Waals surface area contributed by atoms with Crippen LogP contribution in [-0.4, -0.2) is 21.0 Å². The van der Waals surface area contributed by atoms with Gasteiger partial charge in [-0.15, -0.1) is 0 Å². The van der Waals surface area contributed by atoms with Gasteiger partial charge in [0.2, 0.25) is 0 Å². The van der Waals surface area contributed by atoms with Crippen molar-refractivity contribution in [1.29, 1.82) is 0 Å². The molecular formula is C12H17FO2Si. The molecule has 0 fully saturated rings. The third-order valence-corrected chi connectivity index (χ3v) is 4.28. The Morgan fingerprint density at radius 1 is 1.38 bits per heavy atom. The van der Waals surface area contributed by atoms with E-state index in [-0.39, 0.29) is 5.56 Å². The summed E-state index contributed by atoms with van der Waals surface area (Å²) in [6, 6.07) is 3.15. The van der Waals surface area contributed by atoms with E-state index in [0.29, 0.717) is 23.8 Å². The van der Waals surface area contributed by atoms with E-state index in [1.54, 1.807) is 6.07 Å². The molecule has 16 heavy (non-hydrogen) atoms. The molecule has 1 aromatic rings. The Balaban J connectivity index is 3.42. The average Bonchev–Trinajstić information content (AvgIpc) is 2.16. The normalized spacial score (nSPS) is 11.3. The second-order valence-corrected chi connectivity index (χ2v) is 9.64. The third kappa shape index (κ3) is 2.50. The molecule has 0 spiro atoms. The van der Waals surface area contributed by atoms with E-state index < -0.39 is 13.9 Å². The molecule has 0 bridgehead atoms. The van der Waals surface area contributed by atoms with Gasteiger partial charge in [-0.1, -0.05) is 19.6 Å². The van der Waals surface area contributed by atoms with Gasteiger partial charge in [0.25, 0.3) is 0 Å². The highest BCUT2D eigenvalue weighted by Crippen LogP contribution is 2.19. The summed E-state index contributed by atoms with van der Waals surface area (Å²) < 4.78 is 19.5. The number of hydrogen-bond donors (Lipinski definition) is 0. The Labute approximate surface area is 96.4 Å². The number of ether oxygens (including phenoxy) is 1. The molecule has 0 radical (unpaired) electrons. The summed E-state index contributed by atoms with van der Waals surface area (Å²) in [6.45, 7) is 8.45. The summed E-state index contributed by atoms with van der Waals surface area (Å²) >= 11 is 0. The van der Waals surface area contributed by atoms with Gasteiger partial charge >= 0.3 is 0 Å². The lowest BCUT2D eigenvalue weighted by Gasteiger charge is -2.22. The first-order valence-electron chi connectivity index (χ1n) is 5.32. The molecule has 0 unspecified atom stereocenters. The number of aldehydes is 1. The fourth-order valence-electron chi connectivity index (χ4n) is 1.64. The third-order valence-electron chi connectivity index (χ3n) is 2.31. The van der Waals surface area contributed by atoms with E-state index >= 15 is 0 Å². The first-order chi connectivity index (χ1) is 7.41. The van der Waals surface area contributed by atoms with Gasteiger partial charge in [-0.2, -0.15) is 0 Å². The van der Waals surface area contributed by atoms with E-state index in [0.717, 1.165) is 0 Å². The zero-order valence-corrected chi connectivity index (χ0v) is 11.1. The van der Waals surface area contributed by atoms with Crippen molar-refractivity contribution in [2.45, 2.75) is 26.6 Å². The molecule has 0 aliphatic carbocycles. The van der Waals surface area contributed by atoms with Crippen molar-refractivity contribution in [2.75, 3.05) is 6.61 Å². The number of carbonyl (C=O) groups excluding carboxylic acids is 1. The van der Waals surface area contributed by atoms with E-state index in [4.69, 9.17) is 4.74 Å². The van der Waals surface area contributed by atoms with Gasteiger partial charge in [0, 0.05) is 5.19 Å².